The Morgan fingerprint density at radius 1 is 1.44 bits per heavy atom. The van der Waals surface area contributed by atoms with Gasteiger partial charge in [0.1, 0.15) is 12.2 Å². The summed E-state index contributed by atoms with van der Waals surface area (Å²) >= 11 is 0. The minimum atomic E-state index is 0.855. The lowest BCUT2D eigenvalue weighted by Crippen LogP contribution is -2.40. The van der Waals surface area contributed by atoms with E-state index >= 15 is 0 Å². The van der Waals surface area contributed by atoms with E-state index in [1.807, 2.05) is 7.05 Å². The van der Waals surface area contributed by atoms with Gasteiger partial charge in [0.05, 0.1) is 0 Å². The fourth-order valence-corrected chi connectivity index (χ4v) is 2.29. The standard InChI is InChI=1S/C12H22N6/c1-3-11-16-15-10-18(11)9-6-14-12(13-2)17-7-4-5-8-17/h10H,3-9H2,1-2H3,(H,13,14). The molecule has 1 aliphatic heterocycles. The average Bonchev–Trinajstić information content (AvgIpc) is 3.05. The second-order valence-electron chi connectivity index (χ2n) is 4.46. The van der Waals surface area contributed by atoms with Crippen LogP contribution in [0.2, 0.25) is 0 Å². The molecule has 0 radical (unpaired) electrons. The molecule has 6 heteroatoms. The zero-order chi connectivity index (χ0) is 12.8. The highest BCUT2D eigenvalue weighted by atomic mass is 15.3. The van der Waals surface area contributed by atoms with E-state index in [0.29, 0.717) is 0 Å². The van der Waals surface area contributed by atoms with Gasteiger partial charge in [0.15, 0.2) is 5.96 Å². The van der Waals surface area contributed by atoms with Gasteiger partial charge in [0, 0.05) is 39.6 Å². The zero-order valence-corrected chi connectivity index (χ0v) is 11.3. The molecule has 1 aliphatic rings. The number of hydrogen-bond acceptors (Lipinski definition) is 3. The normalized spacial score (nSPS) is 16.3. The molecule has 1 N–H and O–H groups in total. The van der Waals surface area contributed by atoms with Crippen LogP contribution in [0.15, 0.2) is 11.3 Å². The molecular weight excluding hydrogens is 228 g/mol. The molecule has 0 aliphatic carbocycles. The van der Waals surface area contributed by atoms with Crippen molar-refractivity contribution in [3.8, 4) is 0 Å². The highest BCUT2D eigenvalue weighted by Gasteiger charge is 2.15. The molecule has 100 valence electrons. The minimum Gasteiger partial charge on any atom is -0.354 e. The molecule has 2 heterocycles. The van der Waals surface area contributed by atoms with Gasteiger partial charge in [-0.2, -0.15) is 0 Å². The van der Waals surface area contributed by atoms with E-state index in [1.54, 1.807) is 6.33 Å². The quantitative estimate of drug-likeness (QED) is 0.625. The Morgan fingerprint density at radius 3 is 2.89 bits per heavy atom. The Balaban J connectivity index is 1.80. The predicted molar refractivity (Wildman–Crippen MR) is 71.6 cm³/mol. The summed E-state index contributed by atoms with van der Waals surface area (Å²) < 4.78 is 2.09. The molecule has 18 heavy (non-hydrogen) atoms. The Kier molecular flexibility index (Phi) is 4.55. The summed E-state index contributed by atoms with van der Waals surface area (Å²) in [6.45, 7) is 6.06. The van der Waals surface area contributed by atoms with Crippen molar-refractivity contribution in [3.63, 3.8) is 0 Å². The number of rotatable bonds is 4. The summed E-state index contributed by atoms with van der Waals surface area (Å²) in [6.07, 6.45) is 5.25. The molecule has 0 atom stereocenters. The van der Waals surface area contributed by atoms with Crippen molar-refractivity contribution >= 4 is 5.96 Å². The summed E-state index contributed by atoms with van der Waals surface area (Å²) in [5, 5.41) is 11.4. The van der Waals surface area contributed by atoms with Crippen LogP contribution < -0.4 is 5.32 Å². The SMILES string of the molecule is CCc1nncn1CCNC(=NC)N1CCCC1. The Bertz CT molecular complexity index is 391. The van der Waals surface area contributed by atoms with Gasteiger partial charge in [-0.3, -0.25) is 4.99 Å². The summed E-state index contributed by atoms with van der Waals surface area (Å²) in [5.74, 6) is 2.05. The maximum Gasteiger partial charge on any atom is 0.193 e. The molecule has 1 saturated heterocycles. The third-order valence-electron chi connectivity index (χ3n) is 3.27. The molecule has 0 aromatic carbocycles. The molecule has 1 fully saturated rings. The fraction of sp³-hybridized carbons (Fsp3) is 0.750. The molecule has 6 nitrogen and oxygen atoms in total. The minimum absolute atomic E-state index is 0.855. The van der Waals surface area contributed by atoms with Crippen molar-refractivity contribution < 1.29 is 0 Å². The fourth-order valence-electron chi connectivity index (χ4n) is 2.29. The van der Waals surface area contributed by atoms with Gasteiger partial charge in [-0.25, -0.2) is 0 Å². The lowest BCUT2D eigenvalue weighted by atomic mass is 10.4. The summed E-state index contributed by atoms with van der Waals surface area (Å²) in [6, 6.07) is 0. The largest absolute Gasteiger partial charge is 0.354 e. The van der Waals surface area contributed by atoms with Crippen molar-refractivity contribution in [1.29, 1.82) is 0 Å². The third-order valence-corrected chi connectivity index (χ3v) is 3.27. The number of aryl methyl sites for hydroxylation is 1. The van der Waals surface area contributed by atoms with Gasteiger partial charge in [0.2, 0.25) is 0 Å². The summed E-state index contributed by atoms with van der Waals surface area (Å²) in [5.41, 5.74) is 0. The lowest BCUT2D eigenvalue weighted by molar-refractivity contribution is 0.488. The van der Waals surface area contributed by atoms with Gasteiger partial charge in [0.25, 0.3) is 0 Å². The highest BCUT2D eigenvalue weighted by Crippen LogP contribution is 2.07. The number of aliphatic imine (C=N–C) groups is 1. The summed E-state index contributed by atoms with van der Waals surface area (Å²) in [4.78, 5) is 6.63. The molecule has 0 unspecified atom stereocenters. The number of hydrogen-bond donors (Lipinski definition) is 1. The van der Waals surface area contributed by atoms with Crippen molar-refractivity contribution in [2.75, 3.05) is 26.7 Å². The average molecular weight is 250 g/mol. The first-order chi connectivity index (χ1) is 8.85. The monoisotopic (exact) mass is 250 g/mol. The smallest absolute Gasteiger partial charge is 0.193 e. The molecule has 0 saturated carbocycles. The van der Waals surface area contributed by atoms with E-state index in [0.717, 1.165) is 44.4 Å². The van der Waals surface area contributed by atoms with Crippen LogP contribution in [0, 0.1) is 0 Å². The highest BCUT2D eigenvalue weighted by molar-refractivity contribution is 5.80. The maximum absolute atomic E-state index is 4.32. The molecule has 0 bridgehead atoms. The number of nitrogens with zero attached hydrogens (tertiary/aromatic N) is 5. The second kappa shape index (κ2) is 6.37. The Morgan fingerprint density at radius 2 is 2.22 bits per heavy atom. The molecule has 1 aromatic heterocycles. The van der Waals surface area contributed by atoms with Crippen LogP contribution in [-0.4, -0.2) is 52.3 Å². The van der Waals surface area contributed by atoms with Gasteiger partial charge in [-0.1, -0.05) is 6.92 Å². The first-order valence-corrected chi connectivity index (χ1v) is 6.67. The van der Waals surface area contributed by atoms with Gasteiger partial charge < -0.3 is 14.8 Å². The predicted octanol–water partition coefficient (Wildman–Crippen LogP) is 0.512. The maximum atomic E-state index is 4.32. The molecule has 0 amide bonds. The summed E-state index contributed by atoms with van der Waals surface area (Å²) in [7, 11) is 1.84. The van der Waals surface area contributed by atoms with Gasteiger partial charge >= 0.3 is 0 Å². The van der Waals surface area contributed by atoms with Crippen LogP contribution in [-0.2, 0) is 13.0 Å². The lowest BCUT2D eigenvalue weighted by Gasteiger charge is -2.20. The van der Waals surface area contributed by atoms with Gasteiger partial charge in [-0.15, -0.1) is 10.2 Å². The van der Waals surface area contributed by atoms with Crippen LogP contribution in [0.1, 0.15) is 25.6 Å². The van der Waals surface area contributed by atoms with Crippen LogP contribution in [0.25, 0.3) is 0 Å². The Hall–Kier alpha value is -1.59. The number of nitrogens with one attached hydrogen (secondary N) is 1. The number of aromatic nitrogens is 3. The zero-order valence-electron chi connectivity index (χ0n) is 11.3. The van der Waals surface area contributed by atoms with E-state index in [2.05, 4.69) is 36.9 Å². The molecule has 1 aromatic rings. The second-order valence-corrected chi connectivity index (χ2v) is 4.46. The van der Waals surface area contributed by atoms with Crippen LogP contribution in [0.5, 0.6) is 0 Å². The number of likely N-dealkylation sites (tertiary alicyclic amines) is 1. The third kappa shape index (κ3) is 3.00. The van der Waals surface area contributed by atoms with Crippen LogP contribution in [0.4, 0.5) is 0 Å². The van der Waals surface area contributed by atoms with Crippen molar-refractivity contribution in [1.82, 2.24) is 25.0 Å². The number of guanidine groups is 1. The van der Waals surface area contributed by atoms with Gasteiger partial charge in [-0.05, 0) is 12.8 Å². The van der Waals surface area contributed by atoms with E-state index < -0.39 is 0 Å². The van der Waals surface area contributed by atoms with Crippen LogP contribution in [0.3, 0.4) is 0 Å². The van der Waals surface area contributed by atoms with E-state index in [-0.39, 0.29) is 0 Å². The van der Waals surface area contributed by atoms with E-state index in [1.165, 1.54) is 12.8 Å². The molecule has 2 rings (SSSR count). The first kappa shape index (κ1) is 12.9. The van der Waals surface area contributed by atoms with Crippen molar-refractivity contribution in [2.24, 2.45) is 4.99 Å². The van der Waals surface area contributed by atoms with Crippen molar-refractivity contribution in [3.05, 3.63) is 12.2 Å². The van der Waals surface area contributed by atoms with E-state index in [4.69, 9.17) is 0 Å². The Labute approximate surface area is 108 Å². The molecule has 0 spiro atoms. The van der Waals surface area contributed by atoms with Crippen molar-refractivity contribution in [2.45, 2.75) is 32.7 Å². The topological polar surface area (TPSA) is 58.3 Å². The first-order valence-electron chi connectivity index (χ1n) is 6.67. The molecular formula is C12H22N6. The van der Waals surface area contributed by atoms with E-state index in [9.17, 15) is 0 Å². The van der Waals surface area contributed by atoms with Crippen LogP contribution >= 0.6 is 0 Å².